The van der Waals surface area contributed by atoms with Gasteiger partial charge in [0.25, 0.3) is 0 Å². The maximum Gasteiger partial charge on any atom is 0.225 e. The maximum absolute atomic E-state index is 13.3. The largest absolute Gasteiger partial charge is 0.497 e. The van der Waals surface area contributed by atoms with Crippen LogP contribution in [0.15, 0.2) is 94.9 Å². The summed E-state index contributed by atoms with van der Waals surface area (Å²) in [6.07, 6.45) is 0. The molecule has 0 bridgehead atoms. The molecule has 0 aliphatic carbocycles. The summed E-state index contributed by atoms with van der Waals surface area (Å²) in [5.74, 6) is 0.737. The lowest BCUT2D eigenvalue weighted by Gasteiger charge is -2.04. The molecule has 28 heavy (non-hydrogen) atoms. The van der Waals surface area contributed by atoms with Gasteiger partial charge in [0, 0.05) is 5.56 Å². The second-order valence-electron chi connectivity index (χ2n) is 6.06. The van der Waals surface area contributed by atoms with E-state index in [0.29, 0.717) is 9.88 Å². The highest BCUT2D eigenvalue weighted by atomic mass is 32.2. The van der Waals surface area contributed by atoms with Crippen LogP contribution in [0.1, 0.15) is 0 Å². The molecule has 0 saturated carbocycles. The molecule has 4 aromatic rings. The van der Waals surface area contributed by atoms with E-state index in [-0.39, 0.29) is 9.92 Å². The van der Waals surface area contributed by atoms with E-state index >= 15 is 0 Å². The van der Waals surface area contributed by atoms with Crippen molar-refractivity contribution in [3.63, 3.8) is 0 Å². The highest BCUT2D eigenvalue weighted by molar-refractivity contribution is 7.91. The molecule has 0 aliphatic rings. The summed E-state index contributed by atoms with van der Waals surface area (Å²) >= 11 is 1.37. The minimum absolute atomic E-state index is 0.0840. The summed E-state index contributed by atoms with van der Waals surface area (Å²) in [7, 11) is -2.14. The summed E-state index contributed by atoms with van der Waals surface area (Å²) in [4.78, 5) is 5.42. The van der Waals surface area contributed by atoms with E-state index in [2.05, 4.69) is 4.98 Å². The Hall–Kier alpha value is -2.96. The third-order valence-corrected chi connectivity index (χ3v) is 7.26. The number of rotatable bonds is 5. The first kappa shape index (κ1) is 18.4. The molecule has 0 fully saturated rings. The molecule has 140 valence electrons. The second-order valence-corrected chi connectivity index (χ2v) is 8.93. The standard InChI is InChI=1S/C22H17NO3S2/c1-26-18-14-12-17(13-15-18)21-23-22(20(27-21)16-8-4-2-5-9-16)28(24,25)19-10-6-3-7-11-19/h2-15H,1H3. The van der Waals surface area contributed by atoms with Crippen molar-refractivity contribution in [2.24, 2.45) is 0 Å². The van der Waals surface area contributed by atoms with E-state index in [1.807, 2.05) is 54.6 Å². The first-order chi connectivity index (χ1) is 13.6. The Morgan fingerprint density at radius 3 is 2.00 bits per heavy atom. The smallest absolute Gasteiger partial charge is 0.225 e. The van der Waals surface area contributed by atoms with Crippen molar-refractivity contribution in [2.75, 3.05) is 7.11 Å². The summed E-state index contributed by atoms with van der Waals surface area (Å²) in [5.41, 5.74) is 1.67. The zero-order valence-corrected chi connectivity index (χ0v) is 16.7. The molecular weight excluding hydrogens is 390 g/mol. The molecule has 4 rings (SSSR count). The van der Waals surface area contributed by atoms with Crippen LogP contribution in [-0.2, 0) is 9.84 Å². The molecule has 3 aromatic carbocycles. The minimum atomic E-state index is -3.74. The van der Waals surface area contributed by atoms with Gasteiger partial charge in [-0.2, -0.15) is 0 Å². The number of benzene rings is 3. The Kier molecular flexibility index (Phi) is 4.98. The normalized spacial score (nSPS) is 11.3. The Morgan fingerprint density at radius 2 is 1.39 bits per heavy atom. The zero-order chi connectivity index (χ0) is 19.6. The predicted molar refractivity (Wildman–Crippen MR) is 111 cm³/mol. The summed E-state index contributed by atoms with van der Waals surface area (Å²) in [6.45, 7) is 0. The molecule has 4 nitrogen and oxygen atoms in total. The van der Waals surface area contributed by atoms with Gasteiger partial charge in [-0.25, -0.2) is 13.4 Å². The Balaban J connectivity index is 1.90. The van der Waals surface area contributed by atoms with Crippen molar-refractivity contribution >= 4 is 21.2 Å². The van der Waals surface area contributed by atoms with Crippen LogP contribution in [0.2, 0.25) is 0 Å². The van der Waals surface area contributed by atoms with Gasteiger partial charge in [-0.15, -0.1) is 11.3 Å². The highest BCUT2D eigenvalue weighted by Gasteiger charge is 2.27. The van der Waals surface area contributed by atoms with Gasteiger partial charge in [0.15, 0.2) is 5.03 Å². The fourth-order valence-corrected chi connectivity index (χ4v) is 5.62. The lowest BCUT2D eigenvalue weighted by molar-refractivity contribution is 0.415. The topological polar surface area (TPSA) is 56.3 Å². The highest BCUT2D eigenvalue weighted by Crippen LogP contribution is 2.39. The Bertz CT molecular complexity index is 1180. The molecule has 0 unspecified atom stereocenters. The molecule has 1 aromatic heterocycles. The van der Waals surface area contributed by atoms with E-state index in [4.69, 9.17) is 4.74 Å². The quantitative estimate of drug-likeness (QED) is 0.449. The molecule has 6 heteroatoms. The second kappa shape index (κ2) is 7.58. The van der Waals surface area contributed by atoms with E-state index in [1.165, 1.54) is 11.3 Å². The van der Waals surface area contributed by atoms with Crippen LogP contribution in [0.4, 0.5) is 0 Å². The first-order valence-electron chi connectivity index (χ1n) is 8.60. The number of hydrogen-bond acceptors (Lipinski definition) is 5. The lowest BCUT2D eigenvalue weighted by Crippen LogP contribution is -2.03. The number of methoxy groups -OCH3 is 1. The maximum atomic E-state index is 13.3. The molecule has 1 heterocycles. The summed E-state index contributed by atoms with van der Waals surface area (Å²) in [5, 5.41) is 0.733. The Labute approximate surface area is 168 Å². The fourth-order valence-electron chi connectivity index (χ4n) is 2.83. The van der Waals surface area contributed by atoms with Crippen LogP contribution in [-0.4, -0.2) is 20.5 Å². The van der Waals surface area contributed by atoms with Crippen molar-refractivity contribution < 1.29 is 13.2 Å². The molecule has 0 atom stereocenters. The van der Waals surface area contributed by atoms with Gasteiger partial charge in [-0.3, -0.25) is 0 Å². The number of thiazole rings is 1. The average Bonchev–Trinajstić information content (AvgIpc) is 3.21. The van der Waals surface area contributed by atoms with Crippen LogP contribution < -0.4 is 4.74 Å². The van der Waals surface area contributed by atoms with Gasteiger partial charge >= 0.3 is 0 Å². The monoisotopic (exact) mass is 407 g/mol. The number of hydrogen-bond donors (Lipinski definition) is 0. The van der Waals surface area contributed by atoms with E-state index < -0.39 is 9.84 Å². The lowest BCUT2D eigenvalue weighted by atomic mass is 10.2. The third-order valence-electron chi connectivity index (χ3n) is 4.28. The number of nitrogens with zero attached hydrogens (tertiary/aromatic N) is 1. The van der Waals surface area contributed by atoms with Gasteiger partial charge < -0.3 is 4.74 Å². The van der Waals surface area contributed by atoms with Crippen molar-refractivity contribution in [1.82, 2.24) is 4.98 Å². The van der Waals surface area contributed by atoms with Gasteiger partial charge in [0.2, 0.25) is 9.84 Å². The van der Waals surface area contributed by atoms with Crippen molar-refractivity contribution in [2.45, 2.75) is 9.92 Å². The van der Waals surface area contributed by atoms with E-state index in [1.54, 1.807) is 37.4 Å². The van der Waals surface area contributed by atoms with Crippen LogP contribution in [0.25, 0.3) is 21.0 Å². The van der Waals surface area contributed by atoms with E-state index in [9.17, 15) is 8.42 Å². The predicted octanol–water partition coefficient (Wildman–Crippen LogP) is 5.32. The molecule has 0 amide bonds. The average molecular weight is 408 g/mol. The van der Waals surface area contributed by atoms with Crippen molar-refractivity contribution in [3.05, 3.63) is 84.9 Å². The number of sulfone groups is 1. The van der Waals surface area contributed by atoms with Gasteiger partial charge in [-0.05, 0) is 42.0 Å². The van der Waals surface area contributed by atoms with Crippen molar-refractivity contribution in [1.29, 1.82) is 0 Å². The molecule has 0 aliphatic heterocycles. The SMILES string of the molecule is COc1ccc(-c2nc(S(=O)(=O)c3ccccc3)c(-c3ccccc3)s2)cc1. The number of ether oxygens (including phenoxy) is 1. The molecule has 0 radical (unpaired) electrons. The molecule has 0 N–H and O–H groups in total. The van der Waals surface area contributed by atoms with Crippen LogP contribution in [0, 0.1) is 0 Å². The van der Waals surface area contributed by atoms with Crippen molar-refractivity contribution in [3.8, 4) is 26.8 Å². The van der Waals surface area contributed by atoms with Gasteiger partial charge in [0.1, 0.15) is 10.8 Å². The summed E-state index contributed by atoms with van der Waals surface area (Å²) < 4.78 is 31.8. The van der Waals surface area contributed by atoms with Gasteiger partial charge in [0.05, 0.1) is 16.9 Å². The molecule has 0 saturated heterocycles. The van der Waals surface area contributed by atoms with Crippen LogP contribution in [0.5, 0.6) is 5.75 Å². The first-order valence-corrected chi connectivity index (χ1v) is 10.9. The summed E-state index contributed by atoms with van der Waals surface area (Å²) in [6, 6.07) is 25.3. The van der Waals surface area contributed by atoms with E-state index in [0.717, 1.165) is 16.9 Å². The Morgan fingerprint density at radius 1 is 0.786 bits per heavy atom. The molecular formula is C22H17NO3S2. The molecule has 0 spiro atoms. The third kappa shape index (κ3) is 3.44. The van der Waals surface area contributed by atoms with Crippen LogP contribution in [0.3, 0.4) is 0 Å². The number of aromatic nitrogens is 1. The van der Waals surface area contributed by atoms with Crippen LogP contribution >= 0.6 is 11.3 Å². The fraction of sp³-hybridized carbons (Fsp3) is 0.0455. The van der Waals surface area contributed by atoms with Gasteiger partial charge in [-0.1, -0.05) is 48.5 Å². The minimum Gasteiger partial charge on any atom is -0.497 e. The zero-order valence-electron chi connectivity index (χ0n) is 15.1.